The molecular weight excluding hydrogens is 477 g/mol. The fourth-order valence-corrected chi connectivity index (χ4v) is 2.75. The smallest absolute Gasteiger partial charge is 0.257 e. The Morgan fingerprint density at radius 2 is 1.76 bits per heavy atom. The lowest BCUT2D eigenvalue weighted by Gasteiger charge is -2.17. The predicted octanol–water partition coefficient (Wildman–Crippen LogP) is 4.17. The molecule has 29 heavy (non-hydrogen) atoms. The average Bonchev–Trinajstić information content (AvgIpc) is 3.21. The molecule has 1 heterocycles. The Morgan fingerprint density at radius 3 is 2.38 bits per heavy atom. The summed E-state index contributed by atoms with van der Waals surface area (Å²) in [5.74, 6) is 2.19. The number of aromatic nitrogens is 2. The Labute approximate surface area is 189 Å². The van der Waals surface area contributed by atoms with E-state index in [2.05, 4.69) is 39.7 Å². The third-order valence-electron chi connectivity index (χ3n) is 4.36. The molecule has 154 valence electrons. The molecule has 0 unspecified atom stereocenters. The summed E-state index contributed by atoms with van der Waals surface area (Å²) >= 11 is 0. The molecule has 0 aliphatic rings. The van der Waals surface area contributed by atoms with Crippen molar-refractivity contribution < 1.29 is 4.52 Å². The Bertz CT molecular complexity index is 891. The van der Waals surface area contributed by atoms with Crippen molar-refractivity contribution in [1.82, 2.24) is 20.4 Å². The largest absolute Gasteiger partial charge is 0.356 e. The summed E-state index contributed by atoms with van der Waals surface area (Å²) in [5.41, 5.74) is 3.39. The number of aryl methyl sites for hydroxylation is 1. The molecule has 0 aliphatic heterocycles. The van der Waals surface area contributed by atoms with Crippen LogP contribution >= 0.6 is 24.0 Å². The van der Waals surface area contributed by atoms with Crippen LogP contribution in [-0.4, -0.2) is 41.6 Å². The van der Waals surface area contributed by atoms with Gasteiger partial charge in [-0.15, -0.1) is 24.0 Å². The number of hydrogen-bond donors (Lipinski definition) is 1. The maximum absolute atomic E-state index is 5.29. The van der Waals surface area contributed by atoms with Gasteiger partial charge in [0.2, 0.25) is 0 Å². The first kappa shape index (κ1) is 22.9. The Hall–Kier alpha value is -2.42. The molecule has 0 amide bonds. The van der Waals surface area contributed by atoms with Crippen molar-refractivity contribution in [2.75, 3.05) is 20.6 Å². The van der Waals surface area contributed by atoms with Crippen LogP contribution in [0.3, 0.4) is 0 Å². The van der Waals surface area contributed by atoms with Crippen molar-refractivity contribution in [3.63, 3.8) is 0 Å². The second-order valence-electron chi connectivity index (χ2n) is 6.76. The maximum Gasteiger partial charge on any atom is 0.257 e. The summed E-state index contributed by atoms with van der Waals surface area (Å²) in [6, 6.07) is 18.5. The molecule has 0 saturated carbocycles. The van der Waals surface area contributed by atoms with Crippen LogP contribution < -0.4 is 5.32 Å². The highest BCUT2D eigenvalue weighted by Crippen LogP contribution is 2.18. The van der Waals surface area contributed by atoms with E-state index >= 15 is 0 Å². The maximum atomic E-state index is 5.29. The van der Waals surface area contributed by atoms with Gasteiger partial charge in [-0.1, -0.05) is 54.5 Å². The van der Waals surface area contributed by atoms with E-state index < -0.39 is 0 Å². The monoisotopic (exact) mass is 505 g/mol. The SMILES string of the molecule is CCc1noc(-c2ccc(CCNC(=NCc3ccccc3)N(C)C)cc2)n1.I. The molecule has 7 heteroatoms. The van der Waals surface area contributed by atoms with E-state index in [0.717, 1.165) is 36.7 Å². The average molecular weight is 505 g/mol. The molecule has 2 aromatic carbocycles. The highest BCUT2D eigenvalue weighted by Gasteiger charge is 2.07. The van der Waals surface area contributed by atoms with Gasteiger partial charge >= 0.3 is 0 Å². The van der Waals surface area contributed by atoms with E-state index in [0.29, 0.717) is 12.4 Å². The van der Waals surface area contributed by atoms with Crippen LogP contribution in [0.25, 0.3) is 11.5 Å². The standard InChI is InChI=1S/C22H27N5O.HI/c1-4-20-25-21(28-26-20)19-12-10-17(11-13-19)14-15-23-22(27(2)3)24-16-18-8-6-5-7-9-18;/h5-13H,4,14-16H2,1-3H3,(H,23,24);1H. The normalized spacial score (nSPS) is 11.1. The third kappa shape index (κ3) is 6.85. The first-order valence-corrected chi connectivity index (χ1v) is 9.57. The van der Waals surface area contributed by atoms with E-state index in [-0.39, 0.29) is 24.0 Å². The number of aliphatic imine (C=N–C) groups is 1. The molecule has 0 fully saturated rings. The van der Waals surface area contributed by atoms with Gasteiger partial charge in [0.1, 0.15) is 0 Å². The van der Waals surface area contributed by atoms with E-state index in [9.17, 15) is 0 Å². The van der Waals surface area contributed by atoms with E-state index in [1.807, 2.05) is 56.3 Å². The van der Waals surface area contributed by atoms with Crippen molar-refractivity contribution in [2.45, 2.75) is 26.3 Å². The zero-order valence-corrected chi connectivity index (χ0v) is 19.5. The van der Waals surface area contributed by atoms with Crippen molar-refractivity contribution in [3.8, 4) is 11.5 Å². The van der Waals surface area contributed by atoms with Gasteiger partial charge in [0.05, 0.1) is 6.54 Å². The third-order valence-corrected chi connectivity index (χ3v) is 4.36. The van der Waals surface area contributed by atoms with Gasteiger partial charge in [-0.2, -0.15) is 4.98 Å². The second-order valence-corrected chi connectivity index (χ2v) is 6.76. The Morgan fingerprint density at radius 1 is 1.03 bits per heavy atom. The Kier molecular flexibility index (Phi) is 9.11. The lowest BCUT2D eigenvalue weighted by molar-refractivity contribution is 0.423. The van der Waals surface area contributed by atoms with Gasteiger partial charge in [-0.05, 0) is 29.7 Å². The summed E-state index contributed by atoms with van der Waals surface area (Å²) in [4.78, 5) is 11.1. The lowest BCUT2D eigenvalue weighted by atomic mass is 10.1. The molecule has 0 bridgehead atoms. The fourth-order valence-electron chi connectivity index (χ4n) is 2.75. The molecule has 1 N–H and O–H groups in total. The Balaban J connectivity index is 0.00000300. The number of guanidine groups is 1. The number of nitrogens with one attached hydrogen (secondary N) is 1. The van der Waals surface area contributed by atoms with Crippen LogP contribution in [0.5, 0.6) is 0 Å². The summed E-state index contributed by atoms with van der Waals surface area (Å²) < 4.78 is 5.29. The van der Waals surface area contributed by atoms with Crippen molar-refractivity contribution >= 4 is 29.9 Å². The minimum atomic E-state index is 0. The van der Waals surface area contributed by atoms with Gasteiger partial charge < -0.3 is 14.7 Å². The van der Waals surface area contributed by atoms with Gasteiger partial charge in [0, 0.05) is 32.6 Å². The van der Waals surface area contributed by atoms with Gasteiger partial charge in [-0.3, -0.25) is 0 Å². The minimum Gasteiger partial charge on any atom is -0.356 e. The van der Waals surface area contributed by atoms with Crippen molar-refractivity contribution in [1.29, 1.82) is 0 Å². The molecule has 6 nitrogen and oxygen atoms in total. The summed E-state index contributed by atoms with van der Waals surface area (Å²) in [7, 11) is 4.00. The first-order valence-electron chi connectivity index (χ1n) is 9.57. The highest BCUT2D eigenvalue weighted by molar-refractivity contribution is 14.0. The van der Waals surface area contributed by atoms with Crippen LogP contribution in [0.15, 0.2) is 64.1 Å². The van der Waals surface area contributed by atoms with E-state index in [4.69, 9.17) is 9.52 Å². The zero-order valence-electron chi connectivity index (χ0n) is 17.1. The fraction of sp³-hybridized carbons (Fsp3) is 0.318. The molecule has 0 saturated heterocycles. The number of benzene rings is 2. The molecular formula is C22H28IN5O. The summed E-state index contributed by atoms with van der Waals surface area (Å²) in [5, 5.41) is 7.37. The number of hydrogen-bond acceptors (Lipinski definition) is 4. The topological polar surface area (TPSA) is 66.6 Å². The van der Waals surface area contributed by atoms with Crippen LogP contribution in [0.1, 0.15) is 23.9 Å². The summed E-state index contributed by atoms with van der Waals surface area (Å²) in [6.45, 7) is 3.49. The van der Waals surface area contributed by atoms with Gasteiger partial charge in [0.15, 0.2) is 11.8 Å². The summed E-state index contributed by atoms with van der Waals surface area (Å²) in [6.07, 6.45) is 1.68. The number of nitrogens with zero attached hydrogens (tertiary/aromatic N) is 4. The van der Waals surface area contributed by atoms with Gasteiger partial charge in [-0.25, -0.2) is 4.99 Å². The first-order chi connectivity index (χ1) is 13.7. The van der Waals surface area contributed by atoms with Crippen molar-refractivity contribution in [3.05, 3.63) is 71.5 Å². The molecule has 0 aliphatic carbocycles. The van der Waals surface area contributed by atoms with Crippen LogP contribution in [0.4, 0.5) is 0 Å². The second kappa shape index (κ2) is 11.5. The highest BCUT2D eigenvalue weighted by atomic mass is 127. The molecule has 0 spiro atoms. The molecule has 3 aromatic rings. The van der Waals surface area contributed by atoms with Gasteiger partial charge in [0.25, 0.3) is 5.89 Å². The minimum absolute atomic E-state index is 0. The molecule has 0 atom stereocenters. The zero-order chi connectivity index (χ0) is 19.8. The molecule has 1 aromatic heterocycles. The van der Waals surface area contributed by atoms with Crippen LogP contribution in [0, 0.1) is 0 Å². The van der Waals surface area contributed by atoms with E-state index in [1.54, 1.807) is 0 Å². The number of halogens is 1. The number of rotatable bonds is 7. The predicted molar refractivity (Wildman–Crippen MR) is 128 cm³/mol. The van der Waals surface area contributed by atoms with Crippen LogP contribution in [0.2, 0.25) is 0 Å². The lowest BCUT2D eigenvalue weighted by Crippen LogP contribution is -2.37. The molecule has 0 radical (unpaired) electrons. The quantitative estimate of drug-likeness (QED) is 0.297. The van der Waals surface area contributed by atoms with E-state index in [1.165, 1.54) is 11.1 Å². The van der Waals surface area contributed by atoms with Crippen LogP contribution in [-0.2, 0) is 19.4 Å². The van der Waals surface area contributed by atoms with Crippen molar-refractivity contribution in [2.24, 2.45) is 4.99 Å². The molecule has 3 rings (SSSR count).